The van der Waals surface area contributed by atoms with E-state index in [0.29, 0.717) is 5.56 Å². The average Bonchev–Trinajstić information content (AvgIpc) is 2.47. The second kappa shape index (κ2) is 6.91. The minimum Gasteiger partial charge on any atom is -0.494 e. The molecule has 0 radical (unpaired) electrons. The second-order valence-electron chi connectivity index (χ2n) is 4.40. The van der Waals surface area contributed by atoms with Crippen molar-refractivity contribution in [2.75, 3.05) is 14.2 Å². The molecule has 1 N–H and O–H groups in total. The molecular weight excluding hydrogens is 257 g/mol. The van der Waals surface area contributed by atoms with Crippen molar-refractivity contribution >= 4 is 0 Å². The summed E-state index contributed by atoms with van der Waals surface area (Å²) in [4.78, 5) is 0. The fourth-order valence-electron chi connectivity index (χ4n) is 1.94. The Kier molecular flexibility index (Phi) is 4.96. The van der Waals surface area contributed by atoms with E-state index in [9.17, 15) is 4.39 Å². The van der Waals surface area contributed by atoms with E-state index < -0.39 is 0 Å². The molecule has 0 unspecified atom stereocenters. The summed E-state index contributed by atoms with van der Waals surface area (Å²) in [5.74, 6) is 0.580. The van der Waals surface area contributed by atoms with Gasteiger partial charge in [0.2, 0.25) is 0 Å². The van der Waals surface area contributed by atoms with Crippen LogP contribution in [0.3, 0.4) is 0 Å². The summed E-state index contributed by atoms with van der Waals surface area (Å²) in [5.41, 5.74) is 1.60. The van der Waals surface area contributed by atoms with Crippen LogP contribution in [0.2, 0.25) is 0 Å². The maximum atomic E-state index is 14.0. The maximum Gasteiger partial charge on any atom is 0.171 e. The smallest absolute Gasteiger partial charge is 0.171 e. The average molecular weight is 275 g/mol. The van der Waals surface area contributed by atoms with Crippen molar-refractivity contribution in [3.8, 4) is 11.5 Å². The van der Waals surface area contributed by atoms with Gasteiger partial charge in [-0.2, -0.15) is 0 Å². The Balaban J connectivity index is 2.07. The first-order valence-corrected chi connectivity index (χ1v) is 6.42. The van der Waals surface area contributed by atoms with Gasteiger partial charge in [-0.3, -0.25) is 0 Å². The standard InChI is InChI=1S/C16H18FNO2/c1-18-10-12-5-3-7-14(9-12)20-11-13-6-4-8-15(19-2)16(13)17/h3-9,18H,10-11H2,1-2H3. The van der Waals surface area contributed by atoms with Gasteiger partial charge < -0.3 is 14.8 Å². The van der Waals surface area contributed by atoms with Crippen LogP contribution < -0.4 is 14.8 Å². The number of nitrogens with one attached hydrogen (secondary N) is 1. The maximum absolute atomic E-state index is 14.0. The molecule has 0 amide bonds. The zero-order chi connectivity index (χ0) is 14.4. The number of rotatable bonds is 6. The second-order valence-corrected chi connectivity index (χ2v) is 4.40. The first-order chi connectivity index (χ1) is 9.74. The Morgan fingerprint density at radius 1 is 1.15 bits per heavy atom. The first-order valence-electron chi connectivity index (χ1n) is 6.42. The third-order valence-corrected chi connectivity index (χ3v) is 2.94. The van der Waals surface area contributed by atoms with E-state index >= 15 is 0 Å². The summed E-state index contributed by atoms with van der Waals surface area (Å²) in [6, 6.07) is 12.8. The number of hydrogen-bond donors (Lipinski definition) is 1. The molecule has 0 fully saturated rings. The topological polar surface area (TPSA) is 30.5 Å². The number of hydrogen-bond acceptors (Lipinski definition) is 3. The molecule has 0 saturated heterocycles. The summed E-state index contributed by atoms with van der Waals surface area (Å²) in [6.07, 6.45) is 0. The molecule has 106 valence electrons. The van der Waals surface area contributed by atoms with Gasteiger partial charge in [0.25, 0.3) is 0 Å². The van der Waals surface area contributed by atoms with Crippen LogP contribution in [0.4, 0.5) is 4.39 Å². The van der Waals surface area contributed by atoms with Gasteiger partial charge in [0.1, 0.15) is 12.4 Å². The number of halogens is 1. The lowest BCUT2D eigenvalue weighted by molar-refractivity contribution is 0.295. The molecule has 0 saturated carbocycles. The van der Waals surface area contributed by atoms with Gasteiger partial charge in [-0.1, -0.05) is 24.3 Å². The van der Waals surface area contributed by atoms with Crippen LogP contribution in [0.25, 0.3) is 0 Å². The van der Waals surface area contributed by atoms with Crippen molar-refractivity contribution < 1.29 is 13.9 Å². The highest BCUT2D eigenvalue weighted by molar-refractivity contribution is 5.32. The highest BCUT2D eigenvalue weighted by atomic mass is 19.1. The SMILES string of the molecule is CNCc1cccc(OCc2cccc(OC)c2F)c1. The van der Waals surface area contributed by atoms with E-state index in [1.165, 1.54) is 7.11 Å². The van der Waals surface area contributed by atoms with Crippen LogP contribution in [0.5, 0.6) is 11.5 Å². The fraction of sp³-hybridized carbons (Fsp3) is 0.250. The molecule has 0 spiro atoms. The van der Waals surface area contributed by atoms with Gasteiger partial charge >= 0.3 is 0 Å². The van der Waals surface area contributed by atoms with Gasteiger partial charge in [0.05, 0.1) is 7.11 Å². The van der Waals surface area contributed by atoms with Crippen molar-refractivity contribution in [2.45, 2.75) is 13.2 Å². The third kappa shape index (κ3) is 3.48. The van der Waals surface area contributed by atoms with Crippen molar-refractivity contribution in [2.24, 2.45) is 0 Å². The monoisotopic (exact) mass is 275 g/mol. The van der Waals surface area contributed by atoms with E-state index in [-0.39, 0.29) is 18.2 Å². The summed E-state index contributed by atoms with van der Waals surface area (Å²) >= 11 is 0. The Hall–Kier alpha value is -2.07. The van der Waals surface area contributed by atoms with E-state index in [4.69, 9.17) is 9.47 Å². The molecule has 0 bridgehead atoms. The quantitative estimate of drug-likeness (QED) is 0.878. The third-order valence-electron chi connectivity index (χ3n) is 2.94. The zero-order valence-electron chi connectivity index (χ0n) is 11.7. The molecular formula is C16H18FNO2. The molecule has 2 aromatic carbocycles. The zero-order valence-corrected chi connectivity index (χ0v) is 11.7. The number of ether oxygens (including phenoxy) is 2. The van der Waals surface area contributed by atoms with Crippen molar-refractivity contribution in [3.63, 3.8) is 0 Å². The van der Waals surface area contributed by atoms with Crippen LogP contribution in [0.1, 0.15) is 11.1 Å². The van der Waals surface area contributed by atoms with Gasteiger partial charge in [0.15, 0.2) is 11.6 Å². The molecule has 0 aromatic heterocycles. The minimum atomic E-state index is -0.374. The van der Waals surface area contributed by atoms with Gasteiger partial charge in [-0.15, -0.1) is 0 Å². The summed E-state index contributed by atoms with van der Waals surface area (Å²) in [6.45, 7) is 0.941. The lowest BCUT2D eigenvalue weighted by atomic mass is 10.2. The van der Waals surface area contributed by atoms with E-state index in [1.807, 2.05) is 31.3 Å². The molecule has 2 rings (SSSR count). The number of benzene rings is 2. The Morgan fingerprint density at radius 3 is 2.70 bits per heavy atom. The first kappa shape index (κ1) is 14.3. The highest BCUT2D eigenvalue weighted by Crippen LogP contribution is 2.22. The van der Waals surface area contributed by atoms with Gasteiger partial charge in [-0.05, 0) is 30.8 Å². The molecule has 0 atom stereocenters. The van der Waals surface area contributed by atoms with E-state index in [1.54, 1.807) is 18.2 Å². The summed E-state index contributed by atoms with van der Waals surface area (Å²) in [7, 11) is 3.34. The van der Waals surface area contributed by atoms with Crippen LogP contribution in [-0.4, -0.2) is 14.2 Å². The lowest BCUT2D eigenvalue weighted by Crippen LogP contribution is -2.05. The van der Waals surface area contributed by atoms with E-state index in [2.05, 4.69) is 5.32 Å². The van der Waals surface area contributed by atoms with Crippen LogP contribution in [0.15, 0.2) is 42.5 Å². The van der Waals surface area contributed by atoms with Gasteiger partial charge in [-0.25, -0.2) is 4.39 Å². The normalized spacial score (nSPS) is 10.3. The van der Waals surface area contributed by atoms with Crippen molar-refractivity contribution in [1.82, 2.24) is 5.32 Å². The van der Waals surface area contributed by atoms with Crippen LogP contribution in [-0.2, 0) is 13.2 Å². The predicted octanol–water partition coefficient (Wildman–Crippen LogP) is 3.13. The molecule has 3 nitrogen and oxygen atoms in total. The van der Waals surface area contributed by atoms with E-state index in [0.717, 1.165) is 17.9 Å². The highest BCUT2D eigenvalue weighted by Gasteiger charge is 2.08. The largest absolute Gasteiger partial charge is 0.494 e. The predicted molar refractivity (Wildman–Crippen MR) is 76.5 cm³/mol. The molecule has 0 aliphatic carbocycles. The summed E-state index contributed by atoms with van der Waals surface area (Å²) < 4.78 is 24.5. The van der Waals surface area contributed by atoms with Crippen LogP contribution >= 0.6 is 0 Å². The lowest BCUT2D eigenvalue weighted by Gasteiger charge is -2.10. The van der Waals surface area contributed by atoms with Crippen molar-refractivity contribution in [1.29, 1.82) is 0 Å². The van der Waals surface area contributed by atoms with Gasteiger partial charge in [0, 0.05) is 12.1 Å². The molecule has 0 aliphatic heterocycles. The van der Waals surface area contributed by atoms with Crippen LogP contribution in [0, 0.1) is 5.82 Å². The molecule has 20 heavy (non-hydrogen) atoms. The number of methoxy groups -OCH3 is 1. The molecule has 0 aliphatic rings. The Morgan fingerprint density at radius 2 is 1.95 bits per heavy atom. The fourth-order valence-corrected chi connectivity index (χ4v) is 1.94. The summed E-state index contributed by atoms with van der Waals surface area (Å²) in [5, 5.41) is 3.08. The Labute approximate surface area is 118 Å². The molecule has 0 heterocycles. The molecule has 2 aromatic rings. The van der Waals surface area contributed by atoms with Crippen molar-refractivity contribution in [3.05, 3.63) is 59.4 Å². The molecule has 4 heteroatoms. The Bertz CT molecular complexity index is 572. The minimum absolute atomic E-state index is 0.173.